The summed E-state index contributed by atoms with van der Waals surface area (Å²) >= 11 is 5.60. The molecular weight excluding hydrogens is 250 g/mol. The molecule has 0 N–H and O–H groups in total. The summed E-state index contributed by atoms with van der Waals surface area (Å²) in [5.74, 6) is 0.759. The monoisotopic (exact) mass is 263 g/mol. The molecule has 4 nitrogen and oxygen atoms in total. The molecular formula is C10H14ClNO3S. The van der Waals surface area contributed by atoms with Crippen molar-refractivity contribution in [2.45, 2.75) is 13.3 Å². The lowest BCUT2D eigenvalue weighted by molar-refractivity contribution is 0.339. The summed E-state index contributed by atoms with van der Waals surface area (Å²) in [6.45, 7) is 1.98. The molecule has 16 heavy (non-hydrogen) atoms. The van der Waals surface area contributed by atoms with Crippen LogP contribution in [-0.4, -0.2) is 31.5 Å². The Bertz CT molecular complexity index is 416. The van der Waals surface area contributed by atoms with Crippen LogP contribution in [0.1, 0.15) is 13.3 Å². The van der Waals surface area contributed by atoms with Crippen molar-refractivity contribution in [3.05, 3.63) is 23.5 Å². The fraction of sp³-hybridized carbons (Fsp3) is 0.500. The minimum Gasteiger partial charge on any atom is -0.491 e. The van der Waals surface area contributed by atoms with E-state index in [0.717, 1.165) is 0 Å². The van der Waals surface area contributed by atoms with Crippen LogP contribution in [0, 0.1) is 0 Å². The molecule has 0 atom stereocenters. The highest BCUT2D eigenvalue weighted by molar-refractivity contribution is 7.91. The Balaban J connectivity index is 2.39. The van der Waals surface area contributed by atoms with E-state index in [-0.39, 0.29) is 18.1 Å². The van der Waals surface area contributed by atoms with E-state index in [9.17, 15) is 8.42 Å². The maximum absolute atomic E-state index is 11.4. The van der Waals surface area contributed by atoms with E-state index in [1.165, 1.54) is 6.20 Å². The number of pyridine rings is 1. The maximum Gasteiger partial charge on any atom is 0.153 e. The van der Waals surface area contributed by atoms with Gasteiger partial charge in [0.05, 0.1) is 17.7 Å². The van der Waals surface area contributed by atoms with Crippen molar-refractivity contribution in [2.24, 2.45) is 0 Å². The van der Waals surface area contributed by atoms with Gasteiger partial charge in [-0.25, -0.2) is 13.4 Å². The Kier molecular flexibility index (Phi) is 5.02. The Morgan fingerprint density at radius 1 is 1.38 bits per heavy atom. The highest BCUT2D eigenvalue weighted by Crippen LogP contribution is 2.11. The molecule has 0 aliphatic rings. The molecule has 0 aliphatic carbocycles. The molecule has 1 rings (SSSR count). The van der Waals surface area contributed by atoms with Crippen LogP contribution in [0.4, 0.5) is 0 Å². The molecule has 0 saturated carbocycles. The third-order valence-corrected chi connectivity index (χ3v) is 3.92. The minimum absolute atomic E-state index is 0.0312. The van der Waals surface area contributed by atoms with E-state index >= 15 is 0 Å². The summed E-state index contributed by atoms with van der Waals surface area (Å²) < 4.78 is 28.0. The molecule has 1 aromatic rings. The van der Waals surface area contributed by atoms with Crippen LogP contribution in [0.5, 0.6) is 5.75 Å². The number of hydrogen-bond acceptors (Lipinski definition) is 4. The number of ether oxygens (including phenoxy) is 1. The van der Waals surface area contributed by atoms with Crippen molar-refractivity contribution in [1.29, 1.82) is 0 Å². The fourth-order valence-corrected chi connectivity index (χ4v) is 2.42. The van der Waals surface area contributed by atoms with Gasteiger partial charge in [0, 0.05) is 0 Å². The third kappa shape index (κ3) is 4.81. The smallest absolute Gasteiger partial charge is 0.153 e. The number of hydrogen-bond donors (Lipinski definition) is 0. The van der Waals surface area contributed by atoms with E-state index in [2.05, 4.69) is 4.98 Å². The van der Waals surface area contributed by atoms with Gasteiger partial charge in [0.2, 0.25) is 0 Å². The Labute approximate surface area is 101 Å². The van der Waals surface area contributed by atoms with E-state index in [1.54, 1.807) is 12.1 Å². The summed E-state index contributed by atoms with van der Waals surface area (Å²) in [5, 5.41) is 0.381. The van der Waals surface area contributed by atoms with Crippen molar-refractivity contribution in [3.63, 3.8) is 0 Å². The van der Waals surface area contributed by atoms with Gasteiger partial charge in [0.15, 0.2) is 9.84 Å². The molecule has 90 valence electrons. The topological polar surface area (TPSA) is 56.3 Å². The van der Waals surface area contributed by atoms with Crippen LogP contribution in [0.15, 0.2) is 18.3 Å². The van der Waals surface area contributed by atoms with Gasteiger partial charge in [0.25, 0.3) is 0 Å². The first-order valence-corrected chi connectivity index (χ1v) is 7.18. The van der Waals surface area contributed by atoms with Crippen molar-refractivity contribution in [2.75, 3.05) is 18.1 Å². The molecule has 0 saturated heterocycles. The maximum atomic E-state index is 11.4. The second kappa shape index (κ2) is 6.06. The number of nitrogens with zero attached hydrogens (tertiary/aromatic N) is 1. The lowest BCUT2D eigenvalue weighted by Crippen LogP contribution is -2.16. The zero-order valence-corrected chi connectivity index (χ0v) is 10.6. The van der Waals surface area contributed by atoms with Crippen LogP contribution in [0.25, 0.3) is 0 Å². The average Bonchev–Trinajstić information content (AvgIpc) is 2.20. The van der Waals surface area contributed by atoms with Crippen molar-refractivity contribution >= 4 is 21.4 Å². The molecule has 0 amide bonds. The quantitative estimate of drug-likeness (QED) is 0.736. The number of halogens is 1. The minimum atomic E-state index is -2.98. The highest BCUT2D eigenvalue weighted by atomic mass is 35.5. The molecule has 0 aromatic carbocycles. The van der Waals surface area contributed by atoms with Gasteiger partial charge in [-0.3, -0.25) is 0 Å². The molecule has 0 fully saturated rings. The summed E-state index contributed by atoms with van der Waals surface area (Å²) in [7, 11) is -2.98. The van der Waals surface area contributed by atoms with Crippen LogP contribution >= 0.6 is 11.6 Å². The van der Waals surface area contributed by atoms with Gasteiger partial charge in [-0.1, -0.05) is 18.5 Å². The normalized spacial score (nSPS) is 11.4. The number of sulfone groups is 1. The lowest BCUT2D eigenvalue weighted by Gasteiger charge is -2.05. The molecule has 6 heteroatoms. The van der Waals surface area contributed by atoms with Gasteiger partial charge in [0.1, 0.15) is 17.5 Å². The highest BCUT2D eigenvalue weighted by Gasteiger charge is 2.09. The summed E-state index contributed by atoms with van der Waals surface area (Å²) in [6, 6.07) is 3.25. The van der Waals surface area contributed by atoms with Crippen LogP contribution < -0.4 is 4.74 Å². The molecule has 0 unspecified atom stereocenters. The second-order valence-electron chi connectivity index (χ2n) is 3.32. The summed E-state index contributed by atoms with van der Waals surface area (Å²) in [6.07, 6.45) is 2.10. The summed E-state index contributed by atoms with van der Waals surface area (Å²) in [4.78, 5) is 3.82. The van der Waals surface area contributed by atoms with E-state index in [0.29, 0.717) is 17.3 Å². The predicted octanol–water partition coefficient (Wildman–Crippen LogP) is 1.94. The predicted molar refractivity (Wildman–Crippen MR) is 63.7 cm³/mol. The third-order valence-electron chi connectivity index (χ3n) is 1.88. The molecule has 0 radical (unpaired) electrons. The van der Waals surface area contributed by atoms with Crippen molar-refractivity contribution < 1.29 is 13.2 Å². The van der Waals surface area contributed by atoms with Crippen LogP contribution in [-0.2, 0) is 9.84 Å². The van der Waals surface area contributed by atoms with Crippen LogP contribution in [0.2, 0.25) is 5.15 Å². The Hall–Kier alpha value is -0.810. The van der Waals surface area contributed by atoms with Gasteiger partial charge in [-0.05, 0) is 18.6 Å². The largest absolute Gasteiger partial charge is 0.491 e. The average molecular weight is 264 g/mol. The zero-order chi connectivity index (χ0) is 12.0. The first-order chi connectivity index (χ1) is 7.53. The number of aromatic nitrogens is 1. The van der Waals surface area contributed by atoms with E-state index in [1.807, 2.05) is 6.92 Å². The number of rotatable bonds is 6. The van der Waals surface area contributed by atoms with Crippen molar-refractivity contribution in [3.8, 4) is 5.75 Å². The molecule has 0 spiro atoms. The Morgan fingerprint density at radius 3 is 2.69 bits per heavy atom. The molecule has 0 aliphatic heterocycles. The SMILES string of the molecule is CCCS(=O)(=O)CCOc1ccc(Cl)nc1. The fourth-order valence-electron chi connectivity index (χ4n) is 1.15. The van der Waals surface area contributed by atoms with Gasteiger partial charge >= 0.3 is 0 Å². The van der Waals surface area contributed by atoms with Gasteiger partial charge < -0.3 is 4.74 Å². The first kappa shape index (κ1) is 13.3. The van der Waals surface area contributed by atoms with Crippen molar-refractivity contribution in [1.82, 2.24) is 4.98 Å². The molecule has 1 heterocycles. The van der Waals surface area contributed by atoms with Crippen LogP contribution in [0.3, 0.4) is 0 Å². The van der Waals surface area contributed by atoms with E-state index < -0.39 is 9.84 Å². The molecule has 1 aromatic heterocycles. The molecule has 0 bridgehead atoms. The van der Waals surface area contributed by atoms with E-state index in [4.69, 9.17) is 16.3 Å². The first-order valence-electron chi connectivity index (χ1n) is 4.98. The van der Waals surface area contributed by atoms with Gasteiger partial charge in [-0.2, -0.15) is 0 Å². The summed E-state index contributed by atoms with van der Waals surface area (Å²) in [5.41, 5.74) is 0. The lowest BCUT2D eigenvalue weighted by atomic mass is 10.5. The standard InChI is InChI=1S/C10H14ClNO3S/c1-2-6-16(13,14)7-5-15-9-3-4-10(11)12-8-9/h3-4,8H,2,5-7H2,1H3. The van der Waals surface area contributed by atoms with Gasteiger partial charge in [-0.15, -0.1) is 0 Å². The Morgan fingerprint density at radius 2 is 2.12 bits per heavy atom. The second-order valence-corrected chi connectivity index (χ2v) is 6.01. The zero-order valence-electron chi connectivity index (χ0n) is 9.02.